The van der Waals surface area contributed by atoms with Crippen molar-refractivity contribution in [1.29, 1.82) is 0 Å². The van der Waals surface area contributed by atoms with Crippen molar-refractivity contribution < 1.29 is 9.53 Å². The first-order valence-corrected chi connectivity index (χ1v) is 4.56. The van der Waals surface area contributed by atoms with E-state index in [9.17, 15) is 4.79 Å². The first-order valence-electron chi connectivity index (χ1n) is 4.56. The highest BCUT2D eigenvalue weighted by atomic mass is 16.5. The second-order valence-corrected chi connectivity index (χ2v) is 3.37. The number of methoxy groups -OCH3 is 1. The second kappa shape index (κ2) is 4.77. The quantitative estimate of drug-likeness (QED) is 0.737. The minimum atomic E-state index is -0.309. The Kier molecular flexibility index (Phi) is 3.65. The number of esters is 1. The van der Waals surface area contributed by atoms with Crippen molar-refractivity contribution >= 4 is 5.97 Å². The summed E-state index contributed by atoms with van der Waals surface area (Å²) in [6, 6.07) is 7.44. The Morgan fingerprint density at radius 1 is 1.57 bits per heavy atom. The van der Waals surface area contributed by atoms with E-state index in [1.54, 1.807) is 6.07 Å². The number of ether oxygens (including phenoxy) is 1. The summed E-state index contributed by atoms with van der Waals surface area (Å²) in [4.78, 5) is 11.2. The SMILES string of the molecule is COC(=O)c1cccc(C[C@H](C)N)c1. The van der Waals surface area contributed by atoms with Crippen LogP contribution in [0.4, 0.5) is 0 Å². The summed E-state index contributed by atoms with van der Waals surface area (Å²) in [6.45, 7) is 1.94. The van der Waals surface area contributed by atoms with Crippen LogP contribution in [0.5, 0.6) is 0 Å². The molecule has 0 bridgehead atoms. The van der Waals surface area contributed by atoms with Gasteiger partial charge < -0.3 is 10.5 Å². The lowest BCUT2D eigenvalue weighted by Crippen LogP contribution is -2.18. The van der Waals surface area contributed by atoms with Crippen molar-refractivity contribution in [3.63, 3.8) is 0 Å². The molecule has 0 spiro atoms. The van der Waals surface area contributed by atoms with Gasteiger partial charge in [0.2, 0.25) is 0 Å². The maximum atomic E-state index is 11.2. The van der Waals surface area contributed by atoms with Gasteiger partial charge in [-0.15, -0.1) is 0 Å². The summed E-state index contributed by atoms with van der Waals surface area (Å²) >= 11 is 0. The average Bonchev–Trinajstić information content (AvgIpc) is 2.16. The Morgan fingerprint density at radius 3 is 2.86 bits per heavy atom. The second-order valence-electron chi connectivity index (χ2n) is 3.37. The third-order valence-corrected chi connectivity index (χ3v) is 1.91. The number of carbonyl (C=O) groups is 1. The van der Waals surface area contributed by atoms with Gasteiger partial charge in [-0.1, -0.05) is 12.1 Å². The van der Waals surface area contributed by atoms with Crippen LogP contribution < -0.4 is 5.73 Å². The van der Waals surface area contributed by atoms with Gasteiger partial charge in [-0.3, -0.25) is 0 Å². The maximum absolute atomic E-state index is 11.2. The van der Waals surface area contributed by atoms with E-state index in [0.717, 1.165) is 12.0 Å². The molecule has 0 aliphatic rings. The highest BCUT2D eigenvalue weighted by Gasteiger charge is 2.06. The zero-order valence-electron chi connectivity index (χ0n) is 8.49. The number of carbonyl (C=O) groups excluding carboxylic acids is 1. The summed E-state index contributed by atoms with van der Waals surface area (Å²) in [5, 5.41) is 0. The van der Waals surface area contributed by atoms with E-state index < -0.39 is 0 Å². The molecule has 0 fully saturated rings. The van der Waals surface area contributed by atoms with E-state index >= 15 is 0 Å². The van der Waals surface area contributed by atoms with Crippen LogP contribution in [-0.2, 0) is 11.2 Å². The average molecular weight is 193 g/mol. The number of rotatable bonds is 3. The van der Waals surface area contributed by atoms with Crippen molar-refractivity contribution in [2.75, 3.05) is 7.11 Å². The first-order chi connectivity index (χ1) is 6.63. The lowest BCUT2D eigenvalue weighted by Gasteiger charge is -2.06. The predicted molar refractivity (Wildman–Crippen MR) is 55.1 cm³/mol. The fourth-order valence-corrected chi connectivity index (χ4v) is 1.31. The van der Waals surface area contributed by atoms with Crippen LogP contribution in [0.2, 0.25) is 0 Å². The largest absolute Gasteiger partial charge is 0.465 e. The van der Waals surface area contributed by atoms with Gasteiger partial charge in [0.25, 0.3) is 0 Å². The molecule has 0 aliphatic heterocycles. The normalized spacial score (nSPS) is 12.2. The Morgan fingerprint density at radius 2 is 2.29 bits per heavy atom. The molecule has 1 aromatic carbocycles. The molecule has 0 aromatic heterocycles. The molecule has 0 saturated heterocycles. The van der Waals surface area contributed by atoms with Crippen LogP contribution in [-0.4, -0.2) is 19.1 Å². The van der Waals surface area contributed by atoms with Crippen molar-refractivity contribution in [3.8, 4) is 0 Å². The maximum Gasteiger partial charge on any atom is 0.337 e. The zero-order valence-corrected chi connectivity index (χ0v) is 8.49. The van der Waals surface area contributed by atoms with Gasteiger partial charge in [0.15, 0.2) is 0 Å². The monoisotopic (exact) mass is 193 g/mol. The minimum Gasteiger partial charge on any atom is -0.465 e. The molecule has 0 heterocycles. The lowest BCUT2D eigenvalue weighted by molar-refractivity contribution is 0.0600. The van der Waals surface area contributed by atoms with Crippen LogP contribution in [0.3, 0.4) is 0 Å². The van der Waals surface area contributed by atoms with Crippen LogP contribution in [0.1, 0.15) is 22.8 Å². The molecule has 3 nitrogen and oxygen atoms in total. The molecule has 1 rings (SSSR count). The molecule has 3 heteroatoms. The molecule has 14 heavy (non-hydrogen) atoms. The van der Waals surface area contributed by atoms with E-state index in [1.165, 1.54) is 7.11 Å². The smallest absolute Gasteiger partial charge is 0.337 e. The van der Waals surface area contributed by atoms with Crippen molar-refractivity contribution in [2.24, 2.45) is 5.73 Å². The van der Waals surface area contributed by atoms with Crippen LogP contribution >= 0.6 is 0 Å². The molecule has 0 radical (unpaired) electrons. The lowest BCUT2D eigenvalue weighted by atomic mass is 10.1. The van der Waals surface area contributed by atoms with Crippen LogP contribution in [0, 0.1) is 0 Å². The van der Waals surface area contributed by atoms with Gasteiger partial charge in [0.05, 0.1) is 12.7 Å². The summed E-state index contributed by atoms with van der Waals surface area (Å²) in [5.41, 5.74) is 7.30. The Hall–Kier alpha value is -1.35. The highest BCUT2D eigenvalue weighted by molar-refractivity contribution is 5.89. The molecule has 0 aliphatic carbocycles. The molecular weight excluding hydrogens is 178 g/mol. The van der Waals surface area contributed by atoms with Crippen LogP contribution in [0.25, 0.3) is 0 Å². The predicted octanol–water partition coefficient (Wildman–Crippen LogP) is 1.36. The van der Waals surface area contributed by atoms with E-state index in [1.807, 2.05) is 25.1 Å². The molecular formula is C11H15NO2. The summed E-state index contributed by atoms with van der Waals surface area (Å²) in [5.74, 6) is -0.309. The highest BCUT2D eigenvalue weighted by Crippen LogP contribution is 2.08. The number of hydrogen-bond acceptors (Lipinski definition) is 3. The molecule has 0 saturated carbocycles. The van der Waals surface area contributed by atoms with E-state index in [2.05, 4.69) is 4.74 Å². The third-order valence-electron chi connectivity index (χ3n) is 1.91. The summed E-state index contributed by atoms with van der Waals surface area (Å²) in [7, 11) is 1.38. The summed E-state index contributed by atoms with van der Waals surface area (Å²) < 4.78 is 4.63. The fourth-order valence-electron chi connectivity index (χ4n) is 1.31. The van der Waals surface area contributed by atoms with E-state index in [-0.39, 0.29) is 12.0 Å². The minimum absolute atomic E-state index is 0.0999. The summed E-state index contributed by atoms with van der Waals surface area (Å²) in [6.07, 6.45) is 0.769. The van der Waals surface area contributed by atoms with Gasteiger partial charge in [-0.25, -0.2) is 4.79 Å². The van der Waals surface area contributed by atoms with Gasteiger partial charge in [-0.2, -0.15) is 0 Å². The Labute approximate surface area is 83.9 Å². The molecule has 1 aromatic rings. The van der Waals surface area contributed by atoms with Gasteiger partial charge in [0.1, 0.15) is 0 Å². The van der Waals surface area contributed by atoms with E-state index in [4.69, 9.17) is 5.73 Å². The van der Waals surface area contributed by atoms with Crippen LogP contribution in [0.15, 0.2) is 24.3 Å². The molecule has 76 valence electrons. The van der Waals surface area contributed by atoms with Gasteiger partial charge in [0, 0.05) is 6.04 Å². The van der Waals surface area contributed by atoms with E-state index in [0.29, 0.717) is 5.56 Å². The molecule has 0 amide bonds. The zero-order chi connectivity index (χ0) is 10.6. The van der Waals surface area contributed by atoms with Gasteiger partial charge in [-0.05, 0) is 31.0 Å². The molecule has 1 atom stereocenters. The Bertz CT molecular complexity index is 321. The third kappa shape index (κ3) is 2.85. The fraction of sp³-hybridized carbons (Fsp3) is 0.364. The standard InChI is InChI=1S/C11H15NO2/c1-8(12)6-9-4-3-5-10(7-9)11(13)14-2/h3-5,7-8H,6,12H2,1-2H3/t8-/m0/s1. The van der Waals surface area contributed by atoms with Gasteiger partial charge >= 0.3 is 5.97 Å². The number of hydrogen-bond donors (Lipinski definition) is 1. The first kappa shape index (κ1) is 10.7. The molecule has 0 unspecified atom stereocenters. The number of benzene rings is 1. The Balaban J connectivity index is 2.84. The topological polar surface area (TPSA) is 52.3 Å². The van der Waals surface area contributed by atoms with Crippen molar-refractivity contribution in [3.05, 3.63) is 35.4 Å². The molecule has 2 N–H and O–H groups in total. The van der Waals surface area contributed by atoms with Crippen molar-refractivity contribution in [2.45, 2.75) is 19.4 Å². The number of nitrogens with two attached hydrogens (primary N) is 1. The van der Waals surface area contributed by atoms with Crippen molar-refractivity contribution in [1.82, 2.24) is 0 Å².